The monoisotopic (exact) mass is 255 g/mol. The lowest BCUT2D eigenvalue weighted by Gasteiger charge is -2.18. The van der Waals surface area contributed by atoms with Gasteiger partial charge in [0.15, 0.2) is 6.61 Å². The molecular weight excluding hydrogens is 235 g/mol. The van der Waals surface area contributed by atoms with Crippen LogP contribution in [-0.2, 0) is 4.74 Å². The molecule has 1 N–H and O–H groups in total. The smallest absolute Gasteiger partial charge is 0.422 e. The Morgan fingerprint density at radius 1 is 1.24 bits per heavy atom. The van der Waals surface area contributed by atoms with Crippen molar-refractivity contribution in [2.75, 3.05) is 6.61 Å². The molecule has 1 amide bonds. The zero-order valence-electron chi connectivity index (χ0n) is 10.3. The number of alkyl halides is 3. The van der Waals surface area contributed by atoms with Crippen LogP contribution in [0.1, 0.15) is 46.0 Å². The van der Waals surface area contributed by atoms with Crippen molar-refractivity contribution >= 4 is 6.09 Å². The number of rotatable bonds is 7. The van der Waals surface area contributed by atoms with Gasteiger partial charge in [-0.3, -0.25) is 0 Å². The van der Waals surface area contributed by atoms with Crippen molar-refractivity contribution in [3.63, 3.8) is 0 Å². The van der Waals surface area contributed by atoms with Crippen molar-refractivity contribution in [2.45, 2.75) is 58.2 Å². The van der Waals surface area contributed by atoms with E-state index in [-0.39, 0.29) is 6.04 Å². The Morgan fingerprint density at radius 3 is 2.35 bits per heavy atom. The predicted molar refractivity (Wildman–Crippen MR) is 58.8 cm³/mol. The van der Waals surface area contributed by atoms with Crippen molar-refractivity contribution < 1.29 is 22.7 Å². The molecule has 0 spiro atoms. The van der Waals surface area contributed by atoms with Crippen molar-refractivity contribution in [2.24, 2.45) is 0 Å². The fraction of sp³-hybridized carbons (Fsp3) is 0.909. The third-order valence-electron chi connectivity index (χ3n) is 2.23. The number of unbranched alkanes of at least 4 members (excludes halogenated alkanes) is 1. The maximum atomic E-state index is 11.8. The van der Waals surface area contributed by atoms with Crippen LogP contribution in [0.15, 0.2) is 0 Å². The van der Waals surface area contributed by atoms with E-state index in [1.807, 2.05) is 13.8 Å². The second-order valence-electron chi connectivity index (χ2n) is 3.96. The third-order valence-corrected chi connectivity index (χ3v) is 2.23. The molecule has 3 nitrogen and oxygen atoms in total. The minimum Gasteiger partial charge on any atom is -0.440 e. The molecular formula is C11H20F3NO2. The van der Waals surface area contributed by atoms with Crippen molar-refractivity contribution in [1.29, 1.82) is 0 Å². The van der Waals surface area contributed by atoms with Gasteiger partial charge in [-0.15, -0.1) is 0 Å². The standard InChI is InChI=1S/C11H20F3NO2/c1-3-5-7-9(6-4-2)15-10(16)17-8-11(12,13)14/h9H,3-8H2,1-2H3,(H,15,16). The lowest BCUT2D eigenvalue weighted by Crippen LogP contribution is -2.36. The molecule has 0 saturated carbocycles. The minimum absolute atomic E-state index is 0.0966. The van der Waals surface area contributed by atoms with E-state index in [4.69, 9.17) is 0 Å². The van der Waals surface area contributed by atoms with Crippen LogP contribution in [0.3, 0.4) is 0 Å². The number of ether oxygens (including phenoxy) is 1. The van der Waals surface area contributed by atoms with E-state index in [1.165, 1.54) is 0 Å². The number of alkyl carbamates (subject to hydrolysis) is 1. The highest BCUT2D eigenvalue weighted by Crippen LogP contribution is 2.14. The van der Waals surface area contributed by atoms with E-state index in [2.05, 4.69) is 10.1 Å². The van der Waals surface area contributed by atoms with E-state index in [1.54, 1.807) is 0 Å². The molecule has 0 bridgehead atoms. The molecule has 0 radical (unpaired) electrons. The van der Waals surface area contributed by atoms with E-state index in [9.17, 15) is 18.0 Å². The second-order valence-corrected chi connectivity index (χ2v) is 3.96. The van der Waals surface area contributed by atoms with Crippen LogP contribution in [0.4, 0.5) is 18.0 Å². The van der Waals surface area contributed by atoms with Crippen LogP contribution in [0.5, 0.6) is 0 Å². The van der Waals surface area contributed by atoms with Crippen molar-refractivity contribution in [3.8, 4) is 0 Å². The largest absolute Gasteiger partial charge is 0.440 e. The van der Waals surface area contributed by atoms with E-state index < -0.39 is 18.9 Å². The Kier molecular flexibility index (Phi) is 7.74. The minimum atomic E-state index is -4.47. The fourth-order valence-electron chi connectivity index (χ4n) is 1.44. The molecule has 1 unspecified atom stereocenters. The zero-order valence-corrected chi connectivity index (χ0v) is 10.3. The summed E-state index contributed by atoms with van der Waals surface area (Å²) in [5, 5.41) is 2.46. The van der Waals surface area contributed by atoms with Crippen LogP contribution < -0.4 is 5.32 Å². The van der Waals surface area contributed by atoms with Gasteiger partial charge in [-0.2, -0.15) is 13.2 Å². The number of carbonyl (C=O) groups excluding carboxylic acids is 1. The predicted octanol–water partition coefficient (Wildman–Crippen LogP) is 3.63. The summed E-state index contributed by atoms with van der Waals surface area (Å²) in [6, 6.07) is -0.0966. The van der Waals surface area contributed by atoms with Crippen molar-refractivity contribution in [3.05, 3.63) is 0 Å². The van der Waals surface area contributed by atoms with Gasteiger partial charge in [0.25, 0.3) is 0 Å². The van der Waals surface area contributed by atoms with Gasteiger partial charge in [0.1, 0.15) is 0 Å². The summed E-state index contributed by atoms with van der Waals surface area (Å²) in [6.45, 7) is 2.44. The summed E-state index contributed by atoms with van der Waals surface area (Å²) in [7, 11) is 0. The first-order valence-corrected chi connectivity index (χ1v) is 5.89. The van der Waals surface area contributed by atoms with Gasteiger partial charge in [0, 0.05) is 6.04 Å². The van der Waals surface area contributed by atoms with Crippen molar-refractivity contribution in [1.82, 2.24) is 5.32 Å². The molecule has 0 rings (SSSR count). The Morgan fingerprint density at radius 2 is 1.88 bits per heavy atom. The second kappa shape index (κ2) is 8.20. The average Bonchev–Trinajstić information content (AvgIpc) is 2.22. The molecule has 6 heteroatoms. The molecule has 0 aromatic carbocycles. The lowest BCUT2D eigenvalue weighted by molar-refractivity contribution is -0.160. The van der Waals surface area contributed by atoms with Crippen LogP contribution in [0, 0.1) is 0 Å². The van der Waals surface area contributed by atoms with E-state index in [0.717, 1.165) is 32.1 Å². The van der Waals surface area contributed by atoms with Crippen LogP contribution in [-0.4, -0.2) is 24.9 Å². The molecule has 0 fully saturated rings. The number of amides is 1. The summed E-state index contributed by atoms with van der Waals surface area (Å²) >= 11 is 0. The molecule has 0 heterocycles. The molecule has 1 atom stereocenters. The summed E-state index contributed by atoms with van der Waals surface area (Å²) in [4.78, 5) is 11.1. The third kappa shape index (κ3) is 9.96. The van der Waals surface area contributed by atoms with E-state index >= 15 is 0 Å². The average molecular weight is 255 g/mol. The van der Waals surface area contributed by atoms with Crippen LogP contribution >= 0.6 is 0 Å². The van der Waals surface area contributed by atoms with Gasteiger partial charge in [-0.05, 0) is 12.8 Å². The van der Waals surface area contributed by atoms with Gasteiger partial charge < -0.3 is 10.1 Å². The highest BCUT2D eigenvalue weighted by atomic mass is 19.4. The van der Waals surface area contributed by atoms with Gasteiger partial charge in [-0.25, -0.2) is 4.79 Å². The summed E-state index contributed by atoms with van der Waals surface area (Å²) < 4.78 is 39.5. The zero-order chi connectivity index (χ0) is 13.3. The number of hydrogen-bond donors (Lipinski definition) is 1. The summed E-state index contributed by atoms with van der Waals surface area (Å²) in [5.41, 5.74) is 0. The first kappa shape index (κ1) is 16.1. The molecule has 0 saturated heterocycles. The maximum absolute atomic E-state index is 11.8. The van der Waals surface area contributed by atoms with Gasteiger partial charge in [0.2, 0.25) is 0 Å². The molecule has 17 heavy (non-hydrogen) atoms. The topological polar surface area (TPSA) is 38.3 Å². The van der Waals surface area contributed by atoms with E-state index in [0.29, 0.717) is 0 Å². The van der Waals surface area contributed by atoms with Gasteiger partial charge >= 0.3 is 12.3 Å². The molecule has 102 valence electrons. The van der Waals surface area contributed by atoms with Gasteiger partial charge in [0.05, 0.1) is 0 Å². The number of carbonyl (C=O) groups is 1. The fourth-order valence-corrected chi connectivity index (χ4v) is 1.44. The SMILES string of the molecule is CCCCC(CCC)NC(=O)OCC(F)(F)F. The highest BCUT2D eigenvalue weighted by molar-refractivity contribution is 5.67. The number of hydrogen-bond acceptors (Lipinski definition) is 2. The Bertz CT molecular complexity index is 219. The number of nitrogens with one attached hydrogen (secondary N) is 1. The Balaban J connectivity index is 3.94. The maximum Gasteiger partial charge on any atom is 0.422 e. The van der Waals surface area contributed by atoms with Gasteiger partial charge in [-0.1, -0.05) is 33.1 Å². The first-order chi connectivity index (χ1) is 7.89. The normalized spacial score (nSPS) is 13.2. The molecule has 0 aromatic heterocycles. The van der Waals surface area contributed by atoms with Crippen LogP contribution in [0.25, 0.3) is 0 Å². The molecule has 0 aliphatic heterocycles. The van der Waals surface area contributed by atoms with Crippen LogP contribution in [0.2, 0.25) is 0 Å². The quantitative estimate of drug-likeness (QED) is 0.754. The first-order valence-electron chi connectivity index (χ1n) is 5.89. The molecule has 0 aliphatic carbocycles. The summed E-state index contributed by atoms with van der Waals surface area (Å²) in [5.74, 6) is 0. The number of halogens is 3. The molecule has 0 aliphatic rings. The Hall–Kier alpha value is -0.940. The summed E-state index contributed by atoms with van der Waals surface area (Å²) in [6.07, 6.45) is -1.15. The highest BCUT2D eigenvalue weighted by Gasteiger charge is 2.29. The lowest BCUT2D eigenvalue weighted by atomic mass is 10.1. The molecule has 0 aromatic rings. The Labute approximate surface area is 99.7 Å².